The number of guanidine groups is 1. The standard InChI is InChI=1S/C21H28FN3O3S.HI/c1-4-10-28-20-7-5-6-16(11-20)13-24-21(23-2)25-14-18-12-19(22)9-8-17(18)15-29(3,26)27;/h5-9,11-12H,4,10,13-15H2,1-3H3,(H2,23,24,25);1H. The highest BCUT2D eigenvalue weighted by molar-refractivity contribution is 14.0. The van der Waals surface area contributed by atoms with Crippen LogP contribution in [0.25, 0.3) is 0 Å². The Bertz CT molecular complexity index is 952. The number of aliphatic imine (C=N–C) groups is 1. The fourth-order valence-corrected chi connectivity index (χ4v) is 3.58. The molecule has 0 spiro atoms. The fourth-order valence-electron chi connectivity index (χ4n) is 2.73. The summed E-state index contributed by atoms with van der Waals surface area (Å²) in [6.07, 6.45) is 2.10. The van der Waals surface area contributed by atoms with E-state index in [1.807, 2.05) is 24.3 Å². The molecule has 2 aromatic carbocycles. The van der Waals surface area contributed by atoms with Crippen molar-refractivity contribution in [1.29, 1.82) is 0 Å². The quantitative estimate of drug-likeness (QED) is 0.284. The number of hydrogen-bond donors (Lipinski definition) is 2. The Labute approximate surface area is 195 Å². The van der Waals surface area contributed by atoms with Crippen molar-refractivity contribution < 1.29 is 17.5 Å². The molecule has 0 aliphatic heterocycles. The molecule has 0 saturated heterocycles. The predicted molar refractivity (Wildman–Crippen MR) is 130 cm³/mol. The highest BCUT2D eigenvalue weighted by atomic mass is 127. The number of rotatable bonds is 9. The van der Waals surface area contributed by atoms with Gasteiger partial charge in [0.2, 0.25) is 0 Å². The van der Waals surface area contributed by atoms with Crippen LogP contribution in [0.1, 0.15) is 30.0 Å². The van der Waals surface area contributed by atoms with Gasteiger partial charge in [0.1, 0.15) is 11.6 Å². The summed E-state index contributed by atoms with van der Waals surface area (Å²) in [7, 11) is -1.58. The van der Waals surface area contributed by atoms with Gasteiger partial charge in [0, 0.05) is 26.4 Å². The zero-order valence-electron chi connectivity index (χ0n) is 17.4. The van der Waals surface area contributed by atoms with Crippen LogP contribution in [0.5, 0.6) is 5.75 Å². The lowest BCUT2D eigenvalue weighted by atomic mass is 10.1. The van der Waals surface area contributed by atoms with Gasteiger partial charge < -0.3 is 15.4 Å². The molecule has 0 bridgehead atoms. The lowest BCUT2D eigenvalue weighted by Crippen LogP contribution is -2.36. The number of hydrogen-bond acceptors (Lipinski definition) is 4. The van der Waals surface area contributed by atoms with Crippen molar-refractivity contribution in [2.24, 2.45) is 4.99 Å². The number of ether oxygens (including phenoxy) is 1. The zero-order chi connectivity index (χ0) is 21.3. The Balaban J connectivity index is 0.00000450. The Hall–Kier alpha value is -1.88. The summed E-state index contributed by atoms with van der Waals surface area (Å²) in [5.41, 5.74) is 2.18. The van der Waals surface area contributed by atoms with Gasteiger partial charge in [-0.2, -0.15) is 0 Å². The van der Waals surface area contributed by atoms with Gasteiger partial charge in [-0.05, 0) is 47.4 Å². The number of halogens is 2. The van der Waals surface area contributed by atoms with E-state index in [0.29, 0.717) is 30.2 Å². The molecule has 0 amide bonds. The Kier molecular flexibility index (Phi) is 11.1. The maximum Gasteiger partial charge on any atom is 0.191 e. The van der Waals surface area contributed by atoms with Crippen molar-refractivity contribution in [2.45, 2.75) is 32.2 Å². The first-order valence-electron chi connectivity index (χ1n) is 9.42. The molecule has 0 heterocycles. The lowest BCUT2D eigenvalue weighted by Gasteiger charge is -2.15. The van der Waals surface area contributed by atoms with Gasteiger partial charge in [-0.3, -0.25) is 4.99 Å². The third kappa shape index (κ3) is 9.29. The van der Waals surface area contributed by atoms with Crippen LogP contribution in [-0.4, -0.2) is 34.3 Å². The van der Waals surface area contributed by atoms with Gasteiger partial charge >= 0.3 is 0 Å². The van der Waals surface area contributed by atoms with Crippen molar-refractivity contribution >= 4 is 39.8 Å². The summed E-state index contributed by atoms with van der Waals surface area (Å²) in [5.74, 6) is 0.797. The zero-order valence-corrected chi connectivity index (χ0v) is 20.6. The molecule has 0 saturated carbocycles. The van der Waals surface area contributed by atoms with Crippen LogP contribution in [0.4, 0.5) is 4.39 Å². The summed E-state index contributed by atoms with van der Waals surface area (Å²) >= 11 is 0. The van der Waals surface area contributed by atoms with Crippen molar-refractivity contribution in [3.8, 4) is 5.75 Å². The molecule has 0 aliphatic carbocycles. The second kappa shape index (κ2) is 12.7. The van der Waals surface area contributed by atoms with Crippen molar-refractivity contribution in [3.05, 3.63) is 65.0 Å². The Morgan fingerprint density at radius 3 is 2.50 bits per heavy atom. The van der Waals surface area contributed by atoms with Gasteiger partial charge in [0.05, 0.1) is 12.4 Å². The fraction of sp³-hybridized carbons (Fsp3) is 0.381. The molecule has 0 radical (unpaired) electrons. The van der Waals surface area contributed by atoms with Crippen LogP contribution in [0, 0.1) is 5.82 Å². The van der Waals surface area contributed by atoms with E-state index >= 15 is 0 Å². The molecule has 9 heteroatoms. The number of nitrogens with zero attached hydrogens (tertiary/aromatic N) is 1. The van der Waals surface area contributed by atoms with Gasteiger partial charge in [0.25, 0.3) is 0 Å². The van der Waals surface area contributed by atoms with Gasteiger partial charge in [-0.25, -0.2) is 12.8 Å². The predicted octanol–water partition coefficient (Wildman–Crippen LogP) is 3.64. The molecule has 30 heavy (non-hydrogen) atoms. The summed E-state index contributed by atoms with van der Waals surface area (Å²) in [5, 5.41) is 6.30. The van der Waals surface area contributed by atoms with E-state index in [9.17, 15) is 12.8 Å². The second-order valence-corrected chi connectivity index (χ2v) is 8.90. The highest BCUT2D eigenvalue weighted by Crippen LogP contribution is 2.15. The molecule has 2 aromatic rings. The third-order valence-electron chi connectivity index (χ3n) is 4.09. The summed E-state index contributed by atoms with van der Waals surface area (Å²) in [6.45, 7) is 3.51. The number of sulfone groups is 1. The van der Waals surface area contributed by atoms with E-state index in [-0.39, 0.29) is 36.3 Å². The topological polar surface area (TPSA) is 79.8 Å². The minimum atomic E-state index is -3.22. The van der Waals surface area contributed by atoms with Crippen molar-refractivity contribution in [3.63, 3.8) is 0 Å². The maximum atomic E-state index is 13.6. The minimum absolute atomic E-state index is 0. The van der Waals surface area contributed by atoms with Gasteiger partial charge in [0.15, 0.2) is 15.8 Å². The third-order valence-corrected chi connectivity index (χ3v) is 4.92. The Morgan fingerprint density at radius 2 is 1.83 bits per heavy atom. The van der Waals surface area contributed by atoms with E-state index in [1.165, 1.54) is 18.2 Å². The molecular weight excluding hydrogens is 520 g/mol. The van der Waals surface area contributed by atoms with Crippen LogP contribution >= 0.6 is 24.0 Å². The van der Waals surface area contributed by atoms with E-state index in [1.54, 1.807) is 7.05 Å². The molecule has 0 fully saturated rings. The molecule has 0 atom stereocenters. The van der Waals surface area contributed by atoms with Crippen LogP contribution in [0.15, 0.2) is 47.5 Å². The van der Waals surface area contributed by atoms with Crippen LogP contribution < -0.4 is 15.4 Å². The maximum absolute atomic E-state index is 13.6. The first-order chi connectivity index (χ1) is 13.8. The van der Waals surface area contributed by atoms with Crippen molar-refractivity contribution in [1.82, 2.24) is 10.6 Å². The average Bonchev–Trinajstić information content (AvgIpc) is 2.67. The van der Waals surface area contributed by atoms with E-state index < -0.39 is 15.7 Å². The monoisotopic (exact) mass is 549 g/mol. The molecule has 2 N–H and O–H groups in total. The SMILES string of the molecule is CCCOc1cccc(CNC(=NC)NCc2cc(F)ccc2CS(C)(=O)=O)c1.I. The summed E-state index contributed by atoms with van der Waals surface area (Å²) in [4.78, 5) is 4.17. The molecule has 2 rings (SSSR count). The van der Waals surface area contributed by atoms with Crippen molar-refractivity contribution in [2.75, 3.05) is 19.9 Å². The first kappa shape index (κ1) is 26.2. The largest absolute Gasteiger partial charge is 0.494 e. The molecular formula is C21H29FIN3O3S. The second-order valence-electron chi connectivity index (χ2n) is 6.76. The van der Waals surface area contributed by atoms with Crippen LogP contribution in [-0.2, 0) is 28.7 Å². The molecule has 0 aromatic heterocycles. The summed E-state index contributed by atoms with van der Waals surface area (Å²) in [6, 6.07) is 11.9. The number of benzene rings is 2. The van der Waals surface area contributed by atoms with Gasteiger partial charge in [-0.15, -0.1) is 24.0 Å². The Morgan fingerprint density at radius 1 is 1.10 bits per heavy atom. The molecule has 166 valence electrons. The van der Waals surface area contributed by atoms with E-state index in [4.69, 9.17) is 4.74 Å². The smallest absolute Gasteiger partial charge is 0.191 e. The number of nitrogens with one attached hydrogen (secondary N) is 2. The molecule has 6 nitrogen and oxygen atoms in total. The van der Waals surface area contributed by atoms with Gasteiger partial charge in [-0.1, -0.05) is 25.1 Å². The molecule has 0 aliphatic rings. The average molecular weight is 549 g/mol. The molecule has 0 unspecified atom stereocenters. The van der Waals surface area contributed by atoms with E-state index in [0.717, 1.165) is 24.0 Å². The summed E-state index contributed by atoms with van der Waals surface area (Å²) < 4.78 is 42.5. The minimum Gasteiger partial charge on any atom is -0.494 e. The van der Waals surface area contributed by atoms with E-state index in [2.05, 4.69) is 22.5 Å². The van der Waals surface area contributed by atoms with Crippen LogP contribution in [0.3, 0.4) is 0 Å². The first-order valence-corrected chi connectivity index (χ1v) is 11.5. The normalized spacial score (nSPS) is 11.5. The highest BCUT2D eigenvalue weighted by Gasteiger charge is 2.11. The lowest BCUT2D eigenvalue weighted by molar-refractivity contribution is 0.317. The van der Waals surface area contributed by atoms with Crippen LogP contribution in [0.2, 0.25) is 0 Å².